The topological polar surface area (TPSA) is 79.2 Å². The van der Waals surface area contributed by atoms with Crippen molar-refractivity contribution in [1.29, 1.82) is 0 Å². The van der Waals surface area contributed by atoms with E-state index < -0.39 is 0 Å². The lowest BCUT2D eigenvalue weighted by Gasteiger charge is -2.28. The normalized spacial score (nSPS) is 18.7. The molecule has 5 N–H and O–H groups in total. The van der Waals surface area contributed by atoms with Crippen molar-refractivity contribution in [2.24, 2.45) is 5.14 Å². The molecule has 1 heterocycles. The first-order valence-corrected chi connectivity index (χ1v) is 10.7. The van der Waals surface area contributed by atoms with E-state index >= 15 is 0 Å². The second-order valence-corrected chi connectivity index (χ2v) is 7.52. The lowest BCUT2D eigenvalue weighted by atomic mass is 10.0. The second kappa shape index (κ2) is 14.0. The summed E-state index contributed by atoms with van der Waals surface area (Å²) in [5.74, 6) is -0.100. The van der Waals surface area contributed by atoms with Gasteiger partial charge in [-0.25, -0.2) is 0 Å². The van der Waals surface area contributed by atoms with Crippen LogP contribution in [-0.2, 0) is 4.79 Å². The van der Waals surface area contributed by atoms with Crippen molar-refractivity contribution in [3.8, 4) is 0 Å². The molecular formula is C20H36N4OS. The molecule has 0 aromatic heterocycles. The number of piperidine rings is 1. The number of carbonyl (C=O) groups is 1. The highest BCUT2D eigenvalue weighted by atomic mass is 32.2. The predicted molar refractivity (Wildman–Crippen MR) is 114 cm³/mol. The Balaban J connectivity index is 2.57. The second-order valence-electron chi connectivity index (χ2n) is 6.68. The van der Waals surface area contributed by atoms with Gasteiger partial charge in [0.1, 0.15) is 0 Å². The first-order valence-electron chi connectivity index (χ1n) is 9.76. The van der Waals surface area contributed by atoms with Crippen molar-refractivity contribution < 1.29 is 4.79 Å². The van der Waals surface area contributed by atoms with Gasteiger partial charge in [0.2, 0.25) is 0 Å². The molecule has 1 fully saturated rings. The molecule has 0 spiro atoms. The van der Waals surface area contributed by atoms with Gasteiger partial charge in [-0.2, -0.15) is 0 Å². The molecule has 1 aliphatic heterocycles. The minimum Gasteiger partial charge on any atom is -0.339 e. The average Bonchev–Trinajstić information content (AvgIpc) is 2.66. The van der Waals surface area contributed by atoms with Crippen molar-refractivity contribution in [1.82, 2.24) is 16.0 Å². The minimum absolute atomic E-state index is 0.0564. The summed E-state index contributed by atoms with van der Waals surface area (Å²) in [4.78, 5) is 12.5. The molecule has 1 saturated heterocycles. The van der Waals surface area contributed by atoms with Gasteiger partial charge < -0.3 is 16.0 Å². The molecule has 6 heteroatoms. The molecule has 0 aromatic carbocycles. The average molecular weight is 381 g/mol. The molecule has 1 amide bonds. The van der Waals surface area contributed by atoms with Crippen LogP contribution in [0, 0.1) is 0 Å². The summed E-state index contributed by atoms with van der Waals surface area (Å²) in [5.41, 5.74) is 0.617. The molecule has 148 valence electrons. The van der Waals surface area contributed by atoms with Crippen LogP contribution in [0.1, 0.15) is 52.4 Å². The summed E-state index contributed by atoms with van der Waals surface area (Å²) in [6.45, 7) is 10.2. The van der Waals surface area contributed by atoms with Crippen LogP contribution >= 0.6 is 11.9 Å². The van der Waals surface area contributed by atoms with Crippen LogP contribution in [0.5, 0.6) is 0 Å². The van der Waals surface area contributed by atoms with Gasteiger partial charge in [-0.15, -0.1) is 0 Å². The third-order valence-corrected chi connectivity index (χ3v) is 5.27. The van der Waals surface area contributed by atoms with Gasteiger partial charge in [-0.05, 0) is 45.2 Å². The summed E-state index contributed by atoms with van der Waals surface area (Å²) in [5, 5.41) is 15.7. The van der Waals surface area contributed by atoms with Crippen molar-refractivity contribution in [2.75, 3.05) is 13.1 Å². The maximum absolute atomic E-state index is 12.5. The highest BCUT2D eigenvalue weighted by Gasteiger charge is 2.16. The standard InChI is InChI=1S/C20H36N4OS/c1-4-8-16(20(25)24-19(26-21)9-5-2)10-7-11-17(6-3)23-18-12-14-22-15-13-18/h4,7-8,10,17-19,22-23H,1,5-6,9,11-15,21H2,2-3H3,(H,24,25)/b10-7+,16-8+. The quantitative estimate of drug-likeness (QED) is 0.181. The maximum Gasteiger partial charge on any atom is 0.252 e. The zero-order chi connectivity index (χ0) is 19.2. The zero-order valence-corrected chi connectivity index (χ0v) is 17.1. The number of nitrogens with one attached hydrogen (secondary N) is 3. The molecule has 26 heavy (non-hydrogen) atoms. The summed E-state index contributed by atoms with van der Waals surface area (Å²) >= 11 is 1.19. The van der Waals surface area contributed by atoms with Crippen LogP contribution in [0.2, 0.25) is 0 Å². The fourth-order valence-electron chi connectivity index (χ4n) is 3.03. The van der Waals surface area contributed by atoms with E-state index in [-0.39, 0.29) is 11.3 Å². The maximum atomic E-state index is 12.5. The molecule has 0 aliphatic carbocycles. The number of nitrogens with two attached hydrogens (primary N) is 1. The van der Waals surface area contributed by atoms with E-state index in [2.05, 4.69) is 42.5 Å². The number of allylic oxidation sites excluding steroid dienone is 2. The first-order chi connectivity index (χ1) is 12.6. The first kappa shape index (κ1) is 23.0. The molecule has 0 bridgehead atoms. The summed E-state index contributed by atoms with van der Waals surface area (Å²) in [7, 11) is 0. The molecule has 2 atom stereocenters. The van der Waals surface area contributed by atoms with Crippen LogP contribution in [0.15, 0.2) is 36.5 Å². The van der Waals surface area contributed by atoms with E-state index in [9.17, 15) is 4.79 Å². The molecular weight excluding hydrogens is 344 g/mol. The van der Waals surface area contributed by atoms with E-state index in [1.165, 1.54) is 24.8 Å². The largest absolute Gasteiger partial charge is 0.339 e. The van der Waals surface area contributed by atoms with Crippen molar-refractivity contribution in [3.63, 3.8) is 0 Å². The summed E-state index contributed by atoms with van der Waals surface area (Å²) in [6, 6.07) is 1.03. The van der Waals surface area contributed by atoms with Gasteiger partial charge >= 0.3 is 0 Å². The van der Waals surface area contributed by atoms with Crippen LogP contribution in [0.25, 0.3) is 0 Å². The van der Waals surface area contributed by atoms with E-state index in [0.717, 1.165) is 38.8 Å². The van der Waals surface area contributed by atoms with E-state index in [0.29, 0.717) is 17.7 Å². The van der Waals surface area contributed by atoms with E-state index in [4.69, 9.17) is 5.14 Å². The third kappa shape index (κ3) is 9.03. The van der Waals surface area contributed by atoms with Crippen molar-refractivity contribution in [2.45, 2.75) is 69.8 Å². The SMILES string of the molecule is C=C/C=C(\C=C\CC(CC)NC1CCNCC1)C(=O)NC(CCC)SN. The van der Waals surface area contributed by atoms with Gasteiger partial charge in [0, 0.05) is 17.7 Å². The molecule has 5 nitrogen and oxygen atoms in total. The Morgan fingerprint density at radius 3 is 2.69 bits per heavy atom. The van der Waals surface area contributed by atoms with Gasteiger partial charge in [-0.1, -0.05) is 63.1 Å². The highest BCUT2D eigenvalue weighted by molar-refractivity contribution is 7.97. The zero-order valence-electron chi connectivity index (χ0n) is 16.3. The van der Waals surface area contributed by atoms with Crippen LogP contribution in [-0.4, -0.2) is 36.5 Å². The molecule has 1 rings (SSSR count). The minimum atomic E-state index is -0.100. The highest BCUT2D eigenvalue weighted by Crippen LogP contribution is 2.11. The van der Waals surface area contributed by atoms with Crippen molar-refractivity contribution in [3.05, 3.63) is 36.5 Å². The van der Waals surface area contributed by atoms with Crippen LogP contribution in [0.4, 0.5) is 0 Å². The Morgan fingerprint density at radius 2 is 2.12 bits per heavy atom. The van der Waals surface area contributed by atoms with Crippen molar-refractivity contribution >= 4 is 17.9 Å². The van der Waals surface area contributed by atoms with Crippen LogP contribution in [0.3, 0.4) is 0 Å². The molecule has 1 aliphatic rings. The molecule has 0 radical (unpaired) electrons. The Hall–Kier alpha value is -1.08. The molecule has 0 saturated carbocycles. The Bertz CT molecular complexity index is 472. The number of hydrogen-bond donors (Lipinski definition) is 4. The predicted octanol–water partition coefficient (Wildman–Crippen LogP) is 3.01. The Morgan fingerprint density at radius 1 is 1.38 bits per heavy atom. The number of rotatable bonds is 12. The fraction of sp³-hybridized carbons (Fsp3) is 0.650. The third-order valence-electron chi connectivity index (χ3n) is 4.59. The smallest absolute Gasteiger partial charge is 0.252 e. The number of carbonyl (C=O) groups excluding carboxylic acids is 1. The molecule has 2 unspecified atom stereocenters. The summed E-state index contributed by atoms with van der Waals surface area (Å²) in [6.07, 6.45) is 13.6. The van der Waals surface area contributed by atoms with Gasteiger partial charge in [0.25, 0.3) is 5.91 Å². The van der Waals surface area contributed by atoms with Crippen LogP contribution < -0.4 is 21.1 Å². The van der Waals surface area contributed by atoms with Gasteiger partial charge in [-0.3, -0.25) is 9.93 Å². The van der Waals surface area contributed by atoms with E-state index in [1.54, 1.807) is 12.2 Å². The summed E-state index contributed by atoms with van der Waals surface area (Å²) < 4.78 is 0. The van der Waals surface area contributed by atoms with Gasteiger partial charge in [0.15, 0.2) is 0 Å². The number of hydrogen-bond acceptors (Lipinski definition) is 5. The Kier molecular flexibility index (Phi) is 12.4. The monoisotopic (exact) mass is 380 g/mol. The Labute approximate surface area is 163 Å². The van der Waals surface area contributed by atoms with Gasteiger partial charge in [0.05, 0.1) is 5.37 Å². The van der Waals surface area contributed by atoms with E-state index in [1.807, 2.05) is 6.08 Å². The lowest BCUT2D eigenvalue weighted by Crippen LogP contribution is -2.44. The fourth-order valence-corrected chi connectivity index (χ4v) is 3.58. The molecule has 0 aromatic rings. The lowest BCUT2D eigenvalue weighted by molar-refractivity contribution is -0.117. The number of amides is 1.